The third-order valence-corrected chi connectivity index (χ3v) is 0. The van der Waals surface area contributed by atoms with E-state index in [9.17, 15) is 4.57 Å². The van der Waals surface area contributed by atoms with Gasteiger partial charge in [0.1, 0.15) is 0 Å². The van der Waals surface area contributed by atoms with Crippen molar-refractivity contribution in [3.8, 4) is 0 Å². The molecule has 0 unspecified atom stereocenters. The SMILES string of the molecule is O=[P](O)(O)[AlH2].[Li+].[OH-]. The molecule has 0 bridgehead atoms. The second-order valence-corrected chi connectivity index (χ2v) is 6.00. The van der Waals surface area contributed by atoms with E-state index in [2.05, 4.69) is 0 Å². The van der Waals surface area contributed by atoms with E-state index >= 15 is 0 Å². The van der Waals surface area contributed by atoms with Crippen molar-refractivity contribution in [2.24, 2.45) is 0 Å². The van der Waals surface area contributed by atoms with Crippen LogP contribution in [0.5, 0.6) is 0 Å². The molecule has 0 saturated heterocycles. The Labute approximate surface area is 61.0 Å². The first-order valence-electron chi connectivity index (χ1n) is 1.03. The summed E-state index contributed by atoms with van der Waals surface area (Å²) in [5.41, 5.74) is 0. The fourth-order valence-electron chi connectivity index (χ4n) is 0. The van der Waals surface area contributed by atoms with Crippen LogP contribution in [0.15, 0.2) is 0 Å². The van der Waals surface area contributed by atoms with Crippen LogP contribution in [0.25, 0.3) is 0 Å². The van der Waals surface area contributed by atoms with Gasteiger partial charge in [0.25, 0.3) is 0 Å². The molecule has 0 radical (unpaired) electrons. The average Bonchev–Trinajstić information content (AvgIpc) is 0.722. The number of rotatable bonds is 0. The normalized spacial score (nSPS) is 8.29. The van der Waals surface area contributed by atoms with Crippen LogP contribution in [0.1, 0.15) is 0 Å². The van der Waals surface area contributed by atoms with Gasteiger partial charge in [-0.25, -0.2) is 0 Å². The fourth-order valence-corrected chi connectivity index (χ4v) is 0. The Morgan fingerprint density at radius 2 is 1.43 bits per heavy atom. The third-order valence-electron chi connectivity index (χ3n) is 0. The van der Waals surface area contributed by atoms with Crippen molar-refractivity contribution < 1.29 is 38.7 Å². The van der Waals surface area contributed by atoms with Crippen molar-refractivity contribution in [3.63, 3.8) is 0 Å². The van der Waals surface area contributed by atoms with Crippen molar-refractivity contribution in [1.29, 1.82) is 0 Å². The number of hydrogen-bond acceptors (Lipinski definition) is 2. The van der Waals surface area contributed by atoms with Gasteiger partial charge in [-0.2, -0.15) is 0 Å². The van der Waals surface area contributed by atoms with Crippen molar-refractivity contribution >= 4 is 22.1 Å². The zero-order chi connectivity index (χ0) is 4.50. The van der Waals surface area contributed by atoms with Crippen LogP contribution >= 0.6 is 6.24 Å². The van der Waals surface area contributed by atoms with Gasteiger partial charge in [-0.15, -0.1) is 0 Å². The Balaban J connectivity index is -0.0000000800. The molecule has 0 rings (SSSR count). The van der Waals surface area contributed by atoms with Gasteiger partial charge in [-0.3, -0.25) is 4.57 Å². The fraction of sp³-hybridized carbons (Fsp3) is 0. The molecule has 0 amide bonds. The van der Waals surface area contributed by atoms with E-state index in [-0.39, 0.29) is 40.2 Å². The monoisotopic (exact) mass is 134 g/mol. The van der Waals surface area contributed by atoms with E-state index in [0.29, 0.717) is 0 Å². The Bertz CT molecular complexity index is 57.8. The molecule has 0 aromatic carbocycles. The topological polar surface area (TPSA) is 87.5 Å². The summed E-state index contributed by atoms with van der Waals surface area (Å²) in [6.07, 6.45) is -3.50. The molecule has 7 heavy (non-hydrogen) atoms. The summed E-state index contributed by atoms with van der Waals surface area (Å²) < 4.78 is 9.39. The summed E-state index contributed by atoms with van der Waals surface area (Å²) in [5.74, 6) is 0. The Morgan fingerprint density at radius 3 is 1.43 bits per heavy atom. The van der Waals surface area contributed by atoms with Crippen LogP contribution in [0, 0.1) is 0 Å². The van der Waals surface area contributed by atoms with Crippen LogP contribution in [-0.2, 0) is 4.57 Å². The molecule has 0 heterocycles. The smallest absolute Gasteiger partial charge is 0.870 e. The van der Waals surface area contributed by atoms with Crippen molar-refractivity contribution in [1.82, 2.24) is 0 Å². The van der Waals surface area contributed by atoms with Crippen LogP contribution in [0.2, 0.25) is 0 Å². The van der Waals surface area contributed by atoms with E-state index in [1.807, 2.05) is 0 Å². The van der Waals surface area contributed by atoms with Gasteiger partial charge in [0.2, 0.25) is 6.24 Å². The first-order valence-corrected chi connectivity index (χ1v) is 5.77. The summed E-state index contributed by atoms with van der Waals surface area (Å²) in [6.45, 7) is 0. The van der Waals surface area contributed by atoms with E-state index in [4.69, 9.17) is 9.79 Å². The molecular formula is H5AlLiO4P. The molecule has 38 valence electrons. The molecule has 0 aliphatic carbocycles. The van der Waals surface area contributed by atoms with Crippen molar-refractivity contribution in [2.75, 3.05) is 0 Å². The first kappa shape index (κ1) is 15.7. The van der Waals surface area contributed by atoms with E-state index in [1.54, 1.807) is 0 Å². The minimum atomic E-state index is -3.50. The summed E-state index contributed by atoms with van der Waals surface area (Å²) >= 11 is -0.0255. The summed E-state index contributed by atoms with van der Waals surface area (Å²) in [7, 11) is 0. The van der Waals surface area contributed by atoms with Gasteiger partial charge in [0.15, 0.2) is 0 Å². The molecule has 0 fully saturated rings. The molecule has 0 aliphatic heterocycles. The Morgan fingerprint density at radius 1 is 1.43 bits per heavy atom. The zero-order valence-corrected chi connectivity index (χ0v) is 7.09. The summed E-state index contributed by atoms with van der Waals surface area (Å²) in [6, 6.07) is 0. The predicted molar refractivity (Wildman–Crippen MR) is 22.5 cm³/mol. The minimum absolute atomic E-state index is 0. The van der Waals surface area contributed by atoms with Crippen LogP contribution < -0.4 is 18.9 Å². The first-order chi connectivity index (χ1) is 2.00. The van der Waals surface area contributed by atoms with Crippen LogP contribution in [0.3, 0.4) is 0 Å². The largest absolute Gasteiger partial charge is 1.00 e. The van der Waals surface area contributed by atoms with Crippen LogP contribution in [0.4, 0.5) is 0 Å². The summed E-state index contributed by atoms with van der Waals surface area (Å²) in [5, 5.41) is 0. The molecule has 0 saturated carbocycles. The maximum Gasteiger partial charge on any atom is 1.00 e. The van der Waals surface area contributed by atoms with Crippen molar-refractivity contribution in [3.05, 3.63) is 0 Å². The van der Waals surface area contributed by atoms with Gasteiger partial charge in [0, 0.05) is 0 Å². The predicted octanol–water partition coefficient (Wildman–Crippen LogP) is -4.46. The number of hydrogen-bond donors (Lipinski definition) is 2. The van der Waals surface area contributed by atoms with E-state index in [1.165, 1.54) is 0 Å². The molecular weight excluding hydrogens is 129 g/mol. The average molecular weight is 134 g/mol. The van der Waals surface area contributed by atoms with Gasteiger partial charge < -0.3 is 15.3 Å². The minimum Gasteiger partial charge on any atom is -0.870 e. The molecule has 0 aliphatic rings. The zero-order valence-electron chi connectivity index (χ0n) is 4.20. The van der Waals surface area contributed by atoms with Gasteiger partial charge in [-0.1, -0.05) is 0 Å². The van der Waals surface area contributed by atoms with Crippen LogP contribution in [-0.4, -0.2) is 31.1 Å². The van der Waals surface area contributed by atoms with Crippen molar-refractivity contribution in [2.45, 2.75) is 0 Å². The Hall–Kier alpha value is 1.24. The van der Waals surface area contributed by atoms with Gasteiger partial charge >= 0.3 is 34.7 Å². The van der Waals surface area contributed by atoms with E-state index in [0.717, 1.165) is 0 Å². The maximum atomic E-state index is 9.39. The third kappa shape index (κ3) is 129. The molecule has 0 aromatic heterocycles. The standard InChI is InChI=1S/Al.Li.HO3P.H2O.2H/c;;1-4(2)3;;;/h;;(H-,1,2,3);1H2;;/q-1;+1;;;;. The maximum absolute atomic E-state index is 9.39. The molecule has 4 nitrogen and oxygen atoms in total. The Kier molecular flexibility index (Phi) is 12.1. The second kappa shape index (κ2) is 5.38. The van der Waals surface area contributed by atoms with E-state index < -0.39 is 6.24 Å². The van der Waals surface area contributed by atoms with Gasteiger partial charge in [-0.05, 0) is 0 Å². The van der Waals surface area contributed by atoms with Gasteiger partial charge in [0.05, 0.1) is 0 Å². The second-order valence-electron chi connectivity index (χ2n) is 0.835. The summed E-state index contributed by atoms with van der Waals surface area (Å²) in [4.78, 5) is 15.4. The molecule has 0 aromatic rings. The molecule has 0 spiro atoms. The quantitative estimate of drug-likeness (QED) is 0.258. The molecule has 7 heteroatoms. The molecule has 0 atom stereocenters. The molecule has 3 N–H and O–H groups in total.